The molecule has 138 valence electrons. The first-order valence-electron chi connectivity index (χ1n) is 8.24. The van der Waals surface area contributed by atoms with Gasteiger partial charge in [0, 0.05) is 6.54 Å². The second-order valence-corrected chi connectivity index (χ2v) is 5.96. The molecule has 5 nitrogen and oxygen atoms in total. The Morgan fingerprint density at radius 2 is 1.77 bits per heavy atom. The molecule has 0 radical (unpaired) electrons. The molecule has 0 aliphatic heterocycles. The molecule has 0 unspecified atom stereocenters. The van der Waals surface area contributed by atoms with E-state index in [1.54, 1.807) is 25.3 Å². The van der Waals surface area contributed by atoms with Crippen molar-refractivity contribution in [3.8, 4) is 5.75 Å². The van der Waals surface area contributed by atoms with E-state index in [-0.39, 0.29) is 18.8 Å². The zero-order chi connectivity index (χ0) is 19.1. The lowest BCUT2D eigenvalue weighted by Gasteiger charge is -2.14. The first-order chi connectivity index (χ1) is 12.4. The number of esters is 1. The standard InChI is InChI=1S/C20H22FNO4/c1-13-4-5-16(10-18(13)25-3)11-19(23)26-14(2)20(24)22-12-15-6-8-17(21)9-7-15/h4-10,14H,11-12H2,1-3H3,(H,22,24)/t14-/m0/s1. The maximum atomic E-state index is 12.9. The smallest absolute Gasteiger partial charge is 0.311 e. The number of halogens is 1. The number of nitrogens with one attached hydrogen (secondary N) is 1. The number of carbonyl (C=O) groups excluding carboxylic acids is 2. The normalized spacial score (nSPS) is 11.5. The van der Waals surface area contributed by atoms with Crippen LogP contribution in [-0.2, 0) is 27.3 Å². The first-order valence-corrected chi connectivity index (χ1v) is 8.24. The molecule has 0 aromatic heterocycles. The van der Waals surface area contributed by atoms with E-state index in [9.17, 15) is 14.0 Å². The highest BCUT2D eigenvalue weighted by molar-refractivity contribution is 5.83. The lowest BCUT2D eigenvalue weighted by Crippen LogP contribution is -2.35. The summed E-state index contributed by atoms with van der Waals surface area (Å²) in [4.78, 5) is 24.1. The van der Waals surface area contributed by atoms with E-state index in [0.717, 1.165) is 16.7 Å². The van der Waals surface area contributed by atoms with Crippen LogP contribution in [0.3, 0.4) is 0 Å². The number of rotatable bonds is 7. The van der Waals surface area contributed by atoms with Crippen LogP contribution < -0.4 is 10.1 Å². The third-order valence-corrected chi connectivity index (χ3v) is 3.88. The van der Waals surface area contributed by atoms with E-state index in [1.807, 2.05) is 19.1 Å². The minimum absolute atomic E-state index is 0.0478. The van der Waals surface area contributed by atoms with Crippen molar-refractivity contribution in [3.05, 3.63) is 65.0 Å². The summed E-state index contributed by atoms with van der Waals surface area (Å²) in [6.07, 6.45) is -0.873. The van der Waals surface area contributed by atoms with Crippen LogP contribution >= 0.6 is 0 Å². The third-order valence-electron chi connectivity index (χ3n) is 3.88. The highest BCUT2D eigenvalue weighted by Gasteiger charge is 2.18. The Morgan fingerprint density at radius 1 is 1.12 bits per heavy atom. The number of hydrogen-bond donors (Lipinski definition) is 1. The van der Waals surface area contributed by atoms with E-state index in [2.05, 4.69) is 5.32 Å². The van der Waals surface area contributed by atoms with Gasteiger partial charge in [-0.25, -0.2) is 4.39 Å². The van der Waals surface area contributed by atoms with Crippen LogP contribution in [0, 0.1) is 12.7 Å². The van der Waals surface area contributed by atoms with Gasteiger partial charge in [-0.3, -0.25) is 9.59 Å². The Labute approximate surface area is 152 Å². The Kier molecular flexibility index (Phi) is 6.72. The van der Waals surface area contributed by atoms with Gasteiger partial charge in [0.15, 0.2) is 6.10 Å². The van der Waals surface area contributed by atoms with Gasteiger partial charge in [0.2, 0.25) is 0 Å². The molecule has 0 aliphatic rings. The fourth-order valence-electron chi connectivity index (χ4n) is 2.37. The molecule has 2 aromatic carbocycles. The maximum absolute atomic E-state index is 12.9. The Balaban J connectivity index is 1.83. The van der Waals surface area contributed by atoms with Crippen molar-refractivity contribution in [1.82, 2.24) is 5.32 Å². The number of aryl methyl sites for hydroxylation is 1. The fraction of sp³-hybridized carbons (Fsp3) is 0.300. The van der Waals surface area contributed by atoms with Gasteiger partial charge >= 0.3 is 5.97 Å². The van der Waals surface area contributed by atoms with Gasteiger partial charge in [-0.1, -0.05) is 24.3 Å². The van der Waals surface area contributed by atoms with E-state index in [1.165, 1.54) is 19.1 Å². The van der Waals surface area contributed by atoms with Crippen molar-refractivity contribution in [1.29, 1.82) is 0 Å². The zero-order valence-electron chi connectivity index (χ0n) is 15.0. The molecule has 0 saturated carbocycles. The predicted molar refractivity (Wildman–Crippen MR) is 95.2 cm³/mol. The van der Waals surface area contributed by atoms with E-state index in [4.69, 9.17) is 9.47 Å². The Bertz CT molecular complexity index is 774. The molecule has 0 saturated heterocycles. The highest BCUT2D eigenvalue weighted by Crippen LogP contribution is 2.19. The lowest BCUT2D eigenvalue weighted by atomic mass is 10.1. The van der Waals surface area contributed by atoms with Crippen LogP contribution in [0.25, 0.3) is 0 Å². The van der Waals surface area contributed by atoms with Crippen LogP contribution in [-0.4, -0.2) is 25.1 Å². The molecule has 0 spiro atoms. The molecule has 1 amide bonds. The molecule has 1 atom stereocenters. The number of methoxy groups -OCH3 is 1. The average Bonchev–Trinajstić information content (AvgIpc) is 2.62. The third kappa shape index (κ3) is 5.58. The molecule has 2 rings (SSSR count). The van der Waals surface area contributed by atoms with Crippen molar-refractivity contribution in [2.45, 2.75) is 32.9 Å². The SMILES string of the molecule is COc1cc(CC(=O)O[C@@H](C)C(=O)NCc2ccc(F)cc2)ccc1C. The second kappa shape index (κ2) is 8.99. The summed E-state index contributed by atoms with van der Waals surface area (Å²) in [5.74, 6) is -0.556. The van der Waals surface area contributed by atoms with Gasteiger partial charge < -0.3 is 14.8 Å². The molecule has 0 bridgehead atoms. The summed E-state index contributed by atoms with van der Waals surface area (Å²) in [5.41, 5.74) is 2.47. The van der Waals surface area contributed by atoms with E-state index < -0.39 is 18.0 Å². The first kappa shape index (κ1) is 19.4. The van der Waals surface area contributed by atoms with Crippen LogP contribution in [0.15, 0.2) is 42.5 Å². The molecule has 0 fully saturated rings. The zero-order valence-corrected chi connectivity index (χ0v) is 15.0. The second-order valence-electron chi connectivity index (χ2n) is 5.96. The summed E-state index contributed by atoms with van der Waals surface area (Å²) in [6.45, 7) is 3.65. The van der Waals surface area contributed by atoms with Crippen molar-refractivity contribution in [2.75, 3.05) is 7.11 Å². The monoisotopic (exact) mass is 359 g/mol. The van der Waals surface area contributed by atoms with Gasteiger partial charge in [-0.15, -0.1) is 0 Å². The molecule has 1 N–H and O–H groups in total. The predicted octanol–water partition coefficient (Wildman–Crippen LogP) is 2.93. The topological polar surface area (TPSA) is 64.6 Å². The van der Waals surface area contributed by atoms with Crippen molar-refractivity contribution < 1.29 is 23.5 Å². The molecule has 0 heterocycles. The summed E-state index contributed by atoms with van der Waals surface area (Å²) in [6, 6.07) is 11.3. The number of ether oxygens (including phenoxy) is 2. The highest BCUT2D eigenvalue weighted by atomic mass is 19.1. The summed E-state index contributed by atoms with van der Waals surface area (Å²) in [7, 11) is 1.57. The summed E-state index contributed by atoms with van der Waals surface area (Å²) >= 11 is 0. The van der Waals surface area contributed by atoms with Crippen LogP contribution in [0.1, 0.15) is 23.6 Å². The van der Waals surface area contributed by atoms with Gasteiger partial charge in [0.05, 0.1) is 13.5 Å². The molecule has 6 heteroatoms. The number of benzene rings is 2. The van der Waals surface area contributed by atoms with E-state index >= 15 is 0 Å². The van der Waals surface area contributed by atoms with Crippen molar-refractivity contribution >= 4 is 11.9 Å². The minimum atomic E-state index is -0.921. The van der Waals surface area contributed by atoms with Crippen LogP contribution in [0.4, 0.5) is 4.39 Å². The number of amides is 1. The van der Waals surface area contributed by atoms with Gasteiger partial charge in [-0.2, -0.15) is 0 Å². The largest absolute Gasteiger partial charge is 0.496 e. The maximum Gasteiger partial charge on any atom is 0.311 e. The molecular formula is C20H22FNO4. The number of carbonyl (C=O) groups is 2. The van der Waals surface area contributed by atoms with Gasteiger partial charge in [0.1, 0.15) is 11.6 Å². The molecular weight excluding hydrogens is 337 g/mol. The van der Waals surface area contributed by atoms with E-state index in [0.29, 0.717) is 5.75 Å². The van der Waals surface area contributed by atoms with Crippen molar-refractivity contribution in [3.63, 3.8) is 0 Å². The minimum Gasteiger partial charge on any atom is -0.496 e. The Morgan fingerprint density at radius 3 is 2.42 bits per heavy atom. The van der Waals surface area contributed by atoms with Crippen LogP contribution in [0.5, 0.6) is 5.75 Å². The molecule has 2 aromatic rings. The van der Waals surface area contributed by atoms with Gasteiger partial charge in [0.25, 0.3) is 5.91 Å². The van der Waals surface area contributed by atoms with Crippen molar-refractivity contribution in [2.24, 2.45) is 0 Å². The molecule has 26 heavy (non-hydrogen) atoms. The fourth-order valence-corrected chi connectivity index (χ4v) is 2.37. The summed E-state index contributed by atoms with van der Waals surface area (Å²) in [5, 5.41) is 2.65. The van der Waals surface area contributed by atoms with Gasteiger partial charge in [-0.05, 0) is 48.7 Å². The lowest BCUT2D eigenvalue weighted by molar-refractivity contribution is -0.154. The molecule has 0 aliphatic carbocycles. The Hall–Kier alpha value is -2.89. The summed E-state index contributed by atoms with van der Waals surface area (Å²) < 4.78 is 23.3. The quantitative estimate of drug-likeness (QED) is 0.772. The number of hydrogen-bond acceptors (Lipinski definition) is 4. The van der Waals surface area contributed by atoms with Crippen LogP contribution in [0.2, 0.25) is 0 Å². The average molecular weight is 359 g/mol.